The molecule has 8 heavy (non-hydrogen) atoms. The van der Waals surface area contributed by atoms with Gasteiger partial charge < -0.3 is 0 Å². The van der Waals surface area contributed by atoms with Gasteiger partial charge in [0.05, 0.1) is 0 Å². The van der Waals surface area contributed by atoms with Crippen LogP contribution in [0, 0.1) is 0 Å². The van der Waals surface area contributed by atoms with Crippen LogP contribution in [0.5, 0.6) is 0 Å². The zero-order valence-corrected chi connectivity index (χ0v) is 5.39. The Morgan fingerprint density at radius 3 is 2.62 bits per heavy atom. The quantitative estimate of drug-likeness (QED) is 0.482. The maximum atomic E-state index is 3.91. The summed E-state index contributed by atoms with van der Waals surface area (Å²) in [4.78, 5) is 3.91. The number of rotatable bonds is 2. The lowest BCUT2D eigenvalue weighted by Crippen LogP contribution is -1.79. The van der Waals surface area contributed by atoms with E-state index in [2.05, 4.69) is 11.6 Å². The Morgan fingerprint density at radius 2 is 2.25 bits per heavy atom. The largest absolute Gasteiger partial charge is 0.262 e. The first-order valence-electron chi connectivity index (χ1n) is 2.59. The molecule has 0 bridgehead atoms. The number of nitrogens with zero attached hydrogens (tertiary/aromatic N) is 1. The number of allylic oxidation sites excluding steroid dienone is 2. The van der Waals surface area contributed by atoms with E-state index in [9.17, 15) is 0 Å². The van der Waals surface area contributed by atoms with E-state index in [-0.39, 0.29) is 0 Å². The molecule has 0 aliphatic heterocycles. The molecule has 0 aromatic carbocycles. The first-order chi connectivity index (χ1) is 3.81. The van der Waals surface area contributed by atoms with Crippen molar-refractivity contribution in [2.24, 2.45) is 4.99 Å². The third-order valence-electron chi connectivity index (χ3n) is 0.703. The Bertz CT molecular complexity index is 120. The first kappa shape index (κ1) is 7.15. The lowest BCUT2D eigenvalue weighted by molar-refractivity contribution is 1.55. The Hall–Kier alpha value is -0.850. The van der Waals surface area contributed by atoms with Crippen LogP contribution < -0.4 is 0 Å². The van der Waals surface area contributed by atoms with Gasteiger partial charge in [-0.05, 0) is 19.9 Å². The highest BCUT2D eigenvalue weighted by Crippen LogP contribution is 1.79. The number of hydrogen-bond donors (Lipinski definition) is 0. The van der Waals surface area contributed by atoms with Gasteiger partial charge in [0, 0.05) is 11.9 Å². The Labute approximate surface area is 50.4 Å². The molecule has 0 N–H and O–H groups in total. The molecule has 1 heteroatoms. The monoisotopic (exact) mass is 109 g/mol. The predicted molar refractivity (Wildman–Crippen MR) is 38.1 cm³/mol. The summed E-state index contributed by atoms with van der Waals surface area (Å²) in [6.07, 6.45) is 5.42. The smallest absolute Gasteiger partial charge is 0.0369 e. The molecule has 0 aromatic rings. The normalized spacial score (nSPS) is 12.5. The predicted octanol–water partition coefficient (Wildman–Crippen LogP) is 2.17. The second-order valence-electron chi connectivity index (χ2n) is 1.45. The van der Waals surface area contributed by atoms with E-state index in [0.29, 0.717) is 0 Å². The zero-order valence-electron chi connectivity index (χ0n) is 5.39. The first-order valence-corrected chi connectivity index (χ1v) is 2.59. The van der Waals surface area contributed by atoms with E-state index in [4.69, 9.17) is 0 Å². The van der Waals surface area contributed by atoms with Gasteiger partial charge in [-0.25, -0.2) is 0 Å². The lowest BCUT2D eigenvalue weighted by atomic mass is 10.4. The second kappa shape index (κ2) is 4.31. The summed E-state index contributed by atoms with van der Waals surface area (Å²) in [6, 6.07) is 0. The average molecular weight is 109 g/mol. The molecule has 0 fully saturated rings. The summed E-state index contributed by atoms with van der Waals surface area (Å²) in [5.74, 6) is 0. The Balaban J connectivity index is 3.79. The molecule has 44 valence electrons. The van der Waals surface area contributed by atoms with Crippen molar-refractivity contribution in [1.82, 2.24) is 0 Å². The molecule has 0 radical (unpaired) electrons. The zero-order chi connectivity index (χ0) is 6.41. The van der Waals surface area contributed by atoms with Gasteiger partial charge in [-0.2, -0.15) is 0 Å². The van der Waals surface area contributed by atoms with Crippen LogP contribution in [-0.2, 0) is 0 Å². The summed E-state index contributed by atoms with van der Waals surface area (Å²) >= 11 is 0. The SMILES string of the molecule is C=CN=C(C)/C=C/C. The standard InChI is InChI=1S/C7H11N/c1-4-6-7(3)8-5-2/h4-6H,2H2,1,3H3/b6-4+,8-7?. The highest BCUT2D eigenvalue weighted by molar-refractivity contribution is 5.92. The highest BCUT2D eigenvalue weighted by atomic mass is 14.7. The maximum Gasteiger partial charge on any atom is 0.0369 e. The van der Waals surface area contributed by atoms with Crippen molar-refractivity contribution >= 4 is 5.71 Å². The van der Waals surface area contributed by atoms with Crippen molar-refractivity contribution in [3.8, 4) is 0 Å². The molecule has 0 aromatic heterocycles. The van der Waals surface area contributed by atoms with Crippen molar-refractivity contribution in [3.63, 3.8) is 0 Å². The van der Waals surface area contributed by atoms with Crippen LogP contribution in [0.25, 0.3) is 0 Å². The van der Waals surface area contributed by atoms with Crippen LogP contribution in [0.1, 0.15) is 13.8 Å². The average Bonchev–Trinajstić information content (AvgIpc) is 1.68. The summed E-state index contributed by atoms with van der Waals surface area (Å²) in [5.41, 5.74) is 0.988. The third-order valence-corrected chi connectivity index (χ3v) is 0.703. The van der Waals surface area contributed by atoms with Crippen molar-refractivity contribution < 1.29 is 0 Å². The molecule has 0 rings (SSSR count). The Morgan fingerprint density at radius 1 is 1.62 bits per heavy atom. The van der Waals surface area contributed by atoms with E-state index >= 15 is 0 Å². The fraction of sp³-hybridized carbons (Fsp3) is 0.286. The summed E-state index contributed by atoms with van der Waals surface area (Å²) in [5, 5.41) is 0. The molecular weight excluding hydrogens is 98.1 g/mol. The molecule has 0 amide bonds. The van der Waals surface area contributed by atoms with E-state index in [1.54, 1.807) is 0 Å². The van der Waals surface area contributed by atoms with Crippen LogP contribution >= 0.6 is 0 Å². The van der Waals surface area contributed by atoms with Gasteiger partial charge in [-0.3, -0.25) is 4.99 Å². The van der Waals surface area contributed by atoms with E-state index in [1.807, 2.05) is 26.0 Å². The molecule has 0 aliphatic rings. The van der Waals surface area contributed by atoms with Gasteiger partial charge in [-0.15, -0.1) is 0 Å². The molecule has 0 heterocycles. The number of hydrogen-bond acceptors (Lipinski definition) is 1. The fourth-order valence-electron chi connectivity index (χ4n) is 0.428. The molecule has 1 nitrogen and oxygen atoms in total. The van der Waals surface area contributed by atoms with Gasteiger partial charge in [0.1, 0.15) is 0 Å². The molecule has 0 aliphatic carbocycles. The van der Waals surface area contributed by atoms with Crippen molar-refractivity contribution in [2.75, 3.05) is 0 Å². The van der Waals surface area contributed by atoms with Crippen molar-refractivity contribution in [2.45, 2.75) is 13.8 Å². The molecule has 0 unspecified atom stereocenters. The molecule has 0 atom stereocenters. The highest BCUT2D eigenvalue weighted by Gasteiger charge is 1.73. The summed E-state index contributed by atoms with van der Waals surface area (Å²) in [7, 11) is 0. The van der Waals surface area contributed by atoms with Crippen LogP contribution in [-0.4, -0.2) is 5.71 Å². The summed E-state index contributed by atoms with van der Waals surface area (Å²) in [6.45, 7) is 7.35. The molecule has 0 saturated carbocycles. The van der Waals surface area contributed by atoms with Gasteiger partial charge >= 0.3 is 0 Å². The van der Waals surface area contributed by atoms with Gasteiger partial charge in [-0.1, -0.05) is 12.7 Å². The summed E-state index contributed by atoms with van der Waals surface area (Å²) < 4.78 is 0. The third kappa shape index (κ3) is 3.34. The molecular formula is C7H11N. The molecule has 0 spiro atoms. The van der Waals surface area contributed by atoms with E-state index < -0.39 is 0 Å². The van der Waals surface area contributed by atoms with Gasteiger partial charge in [0.2, 0.25) is 0 Å². The van der Waals surface area contributed by atoms with Crippen molar-refractivity contribution in [3.05, 3.63) is 24.9 Å². The minimum Gasteiger partial charge on any atom is -0.262 e. The van der Waals surface area contributed by atoms with Crippen molar-refractivity contribution in [1.29, 1.82) is 0 Å². The fourth-order valence-corrected chi connectivity index (χ4v) is 0.428. The molecule has 0 saturated heterocycles. The van der Waals surface area contributed by atoms with Crippen LogP contribution in [0.4, 0.5) is 0 Å². The van der Waals surface area contributed by atoms with E-state index in [1.165, 1.54) is 6.20 Å². The number of aliphatic imine (C=N–C) groups is 1. The van der Waals surface area contributed by atoms with Gasteiger partial charge in [0.25, 0.3) is 0 Å². The topological polar surface area (TPSA) is 12.4 Å². The maximum absolute atomic E-state index is 3.91. The van der Waals surface area contributed by atoms with Gasteiger partial charge in [0.15, 0.2) is 0 Å². The minimum absolute atomic E-state index is 0.988. The van der Waals surface area contributed by atoms with Crippen LogP contribution in [0.2, 0.25) is 0 Å². The van der Waals surface area contributed by atoms with E-state index in [0.717, 1.165) is 5.71 Å². The Kier molecular flexibility index (Phi) is 3.85. The van der Waals surface area contributed by atoms with Crippen LogP contribution in [0.15, 0.2) is 29.9 Å². The minimum atomic E-state index is 0.988. The van der Waals surface area contributed by atoms with Crippen LogP contribution in [0.3, 0.4) is 0 Å². The second-order valence-corrected chi connectivity index (χ2v) is 1.45. The lowest BCUT2D eigenvalue weighted by Gasteiger charge is -1.82.